The standard InChI is InChI=1S/C29H25F2N3O/c1-2-28(34-29-32-26-10-6-7-11-27(26)33-29)35-22-13-15-24(30)21(18-22)16-19-12-14-23(25(31)17-19)20-8-4-3-5-9-20/h3-15,17-18,28H,2,16H2,1H3,(H2,32,33,34). The molecule has 1 heterocycles. The van der Waals surface area contributed by atoms with Gasteiger partial charge in [0.05, 0.1) is 11.0 Å². The van der Waals surface area contributed by atoms with E-state index < -0.39 is 0 Å². The lowest BCUT2D eigenvalue weighted by Crippen LogP contribution is -2.26. The van der Waals surface area contributed by atoms with E-state index in [9.17, 15) is 8.78 Å². The molecule has 1 unspecified atom stereocenters. The summed E-state index contributed by atoms with van der Waals surface area (Å²) in [5, 5.41) is 3.25. The van der Waals surface area contributed by atoms with Gasteiger partial charge in [-0.25, -0.2) is 13.8 Å². The number of hydrogen-bond acceptors (Lipinski definition) is 3. The third-order valence-electron chi connectivity index (χ3n) is 5.87. The normalized spacial score (nSPS) is 12.0. The van der Waals surface area contributed by atoms with E-state index in [-0.39, 0.29) is 24.3 Å². The third-order valence-corrected chi connectivity index (χ3v) is 5.87. The molecular weight excluding hydrogens is 444 g/mol. The molecule has 4 aromatic carbocycles. The summed E-state index contributed by atoms with van der Waals surface area (Å²) in [6.45, 7) is 1.99. The van der Waals surface area contributed by atoms with Crippen molar-refractivity contribution in [1.29, 1.82) is 0 Å². The third kappa shape index (κ3) is 5.17. The number of aromatic amines is 1. The van der Waals surface area contributed by atoms with Crippen LogP contribution in [0.4, 0.5) is 14.7 Å². The molecule has 0 aliphatic rings. The fraction of sp³-hybridized carbons (Fsp3) is 0.138. The number of anilines is 1. The molecule has 6 heteroatoms. The van der Waals surface area contributed by atoms with Gasteiger partial charge in [-0.3, -0.25) is 0 Å². The van der Waals surface area contributed by atoms with E-state index in [0.29, 0.717) is 34.8 Å². The molecule has 5 rings (SSSR count). The second kappa shape index (κ2) is 9.97. The molecule has 2 N–H and O–H groups in total. The predicted molar refractivity (Wildman–Crippen MR) is 135 cm³/mol. The Bertz CT molecular complexity index is 1420. The molecule has 1 aromatic heterocycles. The number of para-hydroxylation sites is 2. The molecule has 1 atom stereocenters. The Morgan fingerprint density at radius 2 is 1.69 bits per heavy atom. The minimum atomic E-state index is -0.364. The first-order chi connectivity index (χ1) is 17.1. The van der Waals surface area contributed by atoms with E-state index >= 15 is 0 Å². The molecule has 176 valence electrons. The summed E-state index contributed by atoms with van der Waals surface area (Å²) in [4.78, 5) is 7.75. The summed E-state index contributed by atoms with van der Waals surface area (Å²) in [7, 11) is 0. The van der Waals surface area contributed by atoms with E-state index in [2.05, 4.69) is 15.3 Å². The number of hydrogen-bond donors (Lipinski definition) is 2. The first kappa shape index (κ1) is 22.6. The molecule has 0 radical (unpaired) electrons. The number of aromatic nitrogens is 2. The molecule has 5 aromatic rings. The van der Waals surface area contributed by atoms with Gasteiger partial charge in [-0.2, -0.15) is 0 Å². The SMILES string of the molecule is CCC(Nc1nc2ccccc2[nH]1)Oc1ccc(F)c(Cc2ccc(-c3ccccc3)c(F)c2)c1. The Balaban J connectivity index is 1.31. The number of nitrogens with zero attached hydrogens (tertiary/aromatic N) is 1. The van der Waals surface area contributed by atoms with Gasteiger partial charge in [0.1, 0.15) is 17.4 Å². The smallest absolute Gasteiger partial charge is 0.204 e. The van der Waals surface area contributed by atoms with Crippen molar-refractivity contribution < 1.29 is 13.5 Å². The van der Waals surface area contributed by atoms with E-state index in [0.717, 1.165) is 16.6 Å². The lowest BCUT2D eigenvalue weighted by molar-refractivity contribution is 0.224. The van der Waals surface area contributed by atoms with E-state index in [4.69, 9.17) is 4.74 Å². The molecule has 0 spiro atoms. The van der Waals surface area contributed by atoms with Crippen LogP contribution in [0.1, 0.15) is 24.5 Å². The highest BCUT2D eigenvalue weighted by atomic mass is 19.1. The number of imidazole rings is 1. The topological polar surface area (TPSA) is 49.9 Å². The predicted octanol–water partition coefficient (Wildman–Crippen LogP) is 7.33. The first-order valence-electron chi connectivity index (χ1n) is 11.6. The molecule has 0 aliphatic heterocycles. The van der Waals surface area contributed by atoms with Crippen molar-refractivity contribution in [2.45, 2.75) is 26.0 Å². The van der Waals surface area contributed by atoms with Gasteiger partial charge >= 0.3 is 0 Å². The Kier molecular flexibility index (Phi) is 6.44. The fourth-order valence-electron chi connectivity index (χ4n) is 4.05. The Morgan fingerprint density at radius 3 is 2.46 bits per heavy atom. The Hall–Kier alpha value is -4.19. The zero-order valence-corrected chi connectivity index (χ0v) is 19.3. The summed E-state index contributed by atoms with van der Waals surface area (Å²) < 4.78 is 35.5. The van der Waals surface area contributed by atoms with E-state index in [1.54, 1.807) is 18.2 Å². The number of ether oxygens (including phenoxy) is 1. The summed E-state index contributed by atoms with van der Waals surface area (Å²) in [6.07, 6.45) is 0.551. The number of benzene rings is 4. The molecular formula is C29H25F2N3O. The van der Waals surface area contributed by atoms with Gasteiger partial charge in [0.15, 0.2) is 6.23 Å². The van der Waals surface area contributed by atoms with Crippen molar-refractivity contribution >= 4 is 17.0 Å². The highest BCUT2D eigenvalue weighted by molar-refractivity contribution is 5.77. The molecule has 35 heavy (non-hydrogen) atoms. The minimum absolute atomic E-state index is 0.253. The van der Waals surface area contributed by atoms with Crippen LogP contribution in [0.25, 0.3) is 22.2 Å². The highest BCUT2D eigenvalue weighted by Crippen LogP contribution is 2.26. The maximum Gasteiger partial charge on any atom is 0.204 e. The van der Waals surface area contributed by atoms with Gasteiger partial charge in [0, 0.05) is 18.4 Å². The lowest BCUT2D eigenvalue weighted by Gasteiger charge is -2.19. The average molecular weight is 470 g/mol. The first-order valence-corrected chi connectivity index (χ1v) is 11.6. The summed E-state index contributed by atoms with van der Waals surface area (Å²) in [6, 6.07) is 26.8. The number of fused-ring (bicyclic) bond motifs is 1. The van der Waals surface area contributed by atoms with Gasteiger partial charge in [0.2, 0.25) is 5.95 Å². The Labute approximate surface area is 202 Å². The van der Waals surface area contributed by atoms with Gasteiger partial charge in [-0.1, -0.05) is 61.5 Å². The largest absolute Gasteiger partial charge is 0.471 e. The zero-order valence-electron chi connectivity index (χ0n) is 19.3. The van der Waals surface area contributed by atoms with Crippen molar-refractivity contribution in [3.63, 3.8) is 0 Å². The van der Waals surface area contributed by atoms with Gasteiger partial charge in [-0.05, 0) is 53.1 Å². The molecule has 0 saturated carbocycles. The second-order valence-corrected chi connectivity index (χ2v) is 8.37. The van der Waals surface area contributed by atoms with Crippen LogP contribution >= 0.6 is 0 Å². The van der Waals surface area contributed by atoms with Crippen LogP contribution in [0.2, 0.25) is 0 Å². The van der Waals surface area contributed by atoms with Crippen molar-refractivity contribution in [2.75, 3.05) is 5.32 Å². The van der Waals surface area contributed by atoms with Gasteiger partial charge in [-0.15, -0.1) is 0 Å². The van der Waals surface area contributed by atoms with Crippen LogP contribution in [0.3, 0.4) is 0 Å². The molecule has 0 fully saturated rings. The van der Waals surface area contributed by atoms with Crippen molar-refractivity contribution in [1.82, 2.24) is 9.97 Å². The molecule has 4 nitrogen and oxygen atoms in total. The quantitative estimate of drug-likeness (QED) is 0.234. The van der Waals surface area contributed by atoms with Crippen LogP contribution in [0, 0.1) is 11.6 Å². The number of H-pyrrole nitrogens is 1. The second-order valence-electron chi connectivity index (χ2n) is 8.37. The van der Waals surface area contributed by atoms with Crippen LogP contribution in [0.5, 0.6) is 5.75 Å². The van der Waals surface area contributed by atoms with Crippen molar-refractivity contribution in [2.24, 2.45) is 0 Å². The van der Waals surface area contributed by atoms with Crippen LogP contribution in [0.15, 0.2) is 91.0 Å². The maximum atomic E-state index is 14.8. The van der Waals surface area contributed by atoms with E-state index in [1.165, 1.54) is 12.1 Å². The minimum Gasteiger partial charge on any atom is -0.471 e. The van der Waals surface area contributed by atoms with Crippen molar-refractivity contribution in [3.05, 3.63) is 114 Å². The average Bonchev–Trinajstić information content (AvgIpc) is 3.28. The van der Waals surface area contributed by atoms with Crippen LogP contribution in [-0.4, -0.2) is 16.2 Å². The van der Waals surface area contributed by atoms with Gasteiger partial charge < -0.3 is 15.0 Å². The summed E-state index contributed by atoms with van der Waals surface area (Å²) >= 11 is 0. The van der Waals surface area contributed by atoms with Crippen LogP contribution < -0.4 is 10.1 Å². The monoisotopic (exact) mass is 469 g/mol. The van der Waals surface area contributed by atoms with Crippen LogP contribution in [-0.2, 0) is 6.42 Å². The summed E-state index contributed by atoms with van der Waals surface area (Å²) in [5.74, 6) is 0.443. The van der Waals surface area contributed by atoms with Crippen molar-refractivity contribution in [3.8, 4) is 16.9 Å². The number of halogens is 2. The number of rotatable bonds is 8. The van der Waals surface area contributed by atoms with E-state index in [1.807, 2.05) is 67.6 Å². The number of nitrogens with one attached hydrogen (secondary N) is 2. The highest BCUT2D eigenvalue weighted by Gasteiger charge is 2.14. The molecule has 0 bridgehead atoms. The zero-order chi connectivity index (χ0) is 24.2. The molecule has 0 saturated heterocycles. The molecule has 0 amide bonds. The fourth-order valence-corrected chi connectivity index (χ4v) is 4.05. The Morgan fingerprint density at radius 1 is 0.886 bits per heavy atom. The summed E-state index contributed by atoms with van der Waals surface area (Å²) in [5.41, 5.74) is 4.24. The van der Waals surface area contributed by atoms with Gasteiger partial charge in [0.25, 0.3) is 0 Å². The molecule has 0 aliphatic carbocycles. The lowest BCUT2D eigenvalue weighted by atomic mass is 9.99. The maximum absolute atomic E-state index is 14.8.